The zero-order valence-electron chi connectivity index (χ0n) is 10.6. The maximum absolute atomic E-state index is 12.4. The maximum atomic E-state index is 12.4. The molecule has 3 aromatic rings. The first-order chi connectivity index (χ1) is 9.75. The van der Waals surface area contributed by atoms with Crippen molar-refractivity contribution in [3.05, 3.63) is 76.5 Å². The van der Waals surface area contributed by atoms with E-state index in [4.69, 9.17) is 0 Å². The van der Waals surface area contributed by atoms with Crippen LogP contribution in [0.3, 0.4) is 0 Å². The predicted molar refractivity (Wildman–Crippen MR) is 81.3 cm³/mol. The molecular formula is C17H12O2S. The Morgan fingerprint density at radius 2 is 1.70 bits per heavy atom. The number of phenolic OH excluding ortho intramolecular Hbond substituents is 1. The van der Waals surface area contributed by atoms with Gasteiger partial charge in [-0.25, -0.2) is 0 Å². The summed E-state index contributed by atoms with van der Waals surface area (Å²) in [6, 6.07) is 18.5. The van der Waals surface area contributed by atoms with Crippen molar-refractivity contribution >= 4 is 17.1 Å². The van der Waals surface area contributed by atoms with Gasteiger partial charge in [-0.15, -0.1) is 11.3 Å². The van der Waals surface area contributed by atoms with Crippen molar-refractivity contribution in [1.29, 1.82) is 0 Å². The molecule has 0 fully saturated rings. The topological polar surface area (TPSA) is 37.3 Å². The fourth-order valence-electron chi connectivity index (χ4n) is 2.07. The first-order valence-electron chi connectivity index (χ1n) is 6.22. The summed E-state index contributed by atoms with van der Waals surface area (Å²) in [6.07, 6.45) is 0. The molecule has 0 radical (unpaired) electrons. The molecule has 0 unspecified atom stereocenters. The third-order valence-electron chi connectivity index (χ3n) is 3.09. The zero-order valence-corrected chi connectivity index (χ0v) is 11.4. The molecule has 0 saturated heterocycles. The van der Waals surface area contributed by atoms with Crippen molar-refractivity contribution in [2.75, 3.05) is 0 Å². The van der Waals surface area contributed by atoms with E-state index in [1.165, 1.54) is 11.3 Å². The molecule has 20 heavy (non-hydrogen) atoms. The van der Waals surface area contributed by atoms with Crippen LogP contribution in [0.4, 0.5) is 0 Å². The Balaban J connectivity index is 2.06. The van der Waals surface area contributed by atoms with E-state index in [1.807, 2.05) is 47.8 Å². The fourth-order valence-corrected chi connectivity index (χ4v) is 2.75. The van der Waals surface area contributed by atoms with Crippen molar-refractivity contribution in [3.63, 3.8) is 0 Å². The molecular weight excluding hydrogens is 268 g/mol. The van der Waals surface area contributed by atoms with Gasteiger partial charge in [0.05, 0.1) is 10.4 Å². The van der Waals surface area contributed by atoms with E-state index in [-0.39, 0.29) is 11.5 Å². The quantitative estimate of drug-likeness (QED) is 0.724. The van der Waals surface area contributed by atoms with Crippen LogP contribution >= 0.6 is 11.3 Å². The van der Waals surface area contributed by atoms with Crippen LogP contribution in [0.5, 0.6) is 5.75 Å². The number of thiophene rings is 1. The predicted octanol–water partition coefficient (Wildman–Crippen LogP) is 4.35. The molecule has 0 aliphatic rings. The summed E-state index contributed by atoms with van der Waals surface area (Å²) in [7, 11) is 0. The number of carbonyl (C=O) groups excluding carboxylic acids is 1. The van der Waals surface area contributed by atoms with Gasteiger partial charge in [0.1, 0.15) is 5.75 Å². The molecule has 0 aliphatic carbocycles. The molecule has 2 aromatic carbocycles. The number of benzene rings is 2. The molecule has 0 saturated carbocycles. The Morgan fingerprint density at radius 1 is 0.900 bits per heavy atom. The van der Waals surface area contributed by atoms with Crippen molar-refractivity contribution in [1.82, 2.24) is 0 Å². The molecule has 3 heteroatoms. The number of hydrogen-bond acceptors (Lipinski definition) is 3. The molecule has 0 spiro atoms. The van der Waals surface area contributed by atoms with Gasteiger partial charge in [-0.2, -0.15) is 0 Å². The summed E-state index contributed by atoms with van der Waals surface area (Å²) in [5.41, 5.74) is 2.28. The van der Waals surface area contributed by atoms with Gasteiger partial charge < -0.3 is 5.11 Å². The van der Waals surface area contributed by atoms with Crippen molar-refractivity contribution in [2.45, 2.75) is 0 Å². The number of ketones is 1. The first-order valence-corrected chi connectivity index (χ1v) is 7.10. The summed E-state index contributed by atoms with van der Waals surface area (Å²) in [4.78, 5) is 13.0. The van der Waals surface area contributed by atoms with Crippen molar-refractivity contribution in [2.24, 2.45) is 0 Å². The van der Waals surface area contributed by atoms with Gasteiger partial charge in [0.15, 0.2) is 0 Å². The third-order valence-corrected chi connectivity index (χ3v) is 3.96. The van der Waals surface area contributed by atoms with Gasteiger partial charge in [-0.1, -0.05) is 42.5 Å². The Labute approximate surface area is 121 Å². The lowest BCUT2D eigenvalue weighted by atomic mass is 10.00. The molecule has 3 rings (SSSR count). The van der Waals surface area contributed by atoms with Gasteiger partial charge in [0.2, 0.25) is 5.78 Å². The van der Waals surface area contributed by atoms with Crippen LogP contribution < -0.4 is 0 Å². The molecule has 1 N–H and O–H groups in total. The van der Waals surface area contributed by atoms with Crippen LogP contribution in [-0.2, 0) is 0 Å². The number of aromatic hydroxyl groups is 1. The van der Waals surface area contributed by atoms with E-state index in [0.29, 0.717) is 10.4 Å². The minimum absolute atomic E-state index is 0.0167. The highest BCUT2D eigenvalue weighted by molar-refractivity contribution is 7.12. The number of hydrogen-bond donors (Lipinski definition) is 1. The summed E-state index contributed by atoms with van der Waals surface area (Å²) in [5.74, 6) is -0.127. The molecule has 0 aliphatic heterocycles. The van der Waals surface area contributed by atoms with Crippen LogP contribution in [0.2, 0.25) is 0 Å². The largest absolute Gasteiger partial charge is 0.507 e. The monoisotopic (exact) mass is 280 g/mol. The lowest BCUT2D eigenvalue weighted by Gasteiger charge is -2.06. The van der Waals surface area contributed by atoms with Gasteiger partial charge in [-0.3, -0.25) is 4.79 Å². The second-order valence-electron chi connectivity index (χ2n) is 4.40. The minimum atomic E-state index is -0.143. The van der Waals surface area contributed by atoms with E-state index in [1.54, 1.807) is 18.2 Å². The molecule has 1 aromatic heterocycles. The molecule has 1 heterocycles. The Hall–Kier alpha value is -2.39. The second kappa shape index (κ2) is 5.31. The lowest BCUT2D eigenvalue weighted by Crippen LogP contribution is -1.99. The number of rotatable bonds is 3. The lowest BCUT2D eigenvalue weighted by molar-refractivity contribution is 0.104. The first kappa shape index (κ1) is 12.6. The summed E-state index contributed by atoms with van der Waals surface area (Å²) in [5, 5.41) is 11.8. The molecule has 0 amide bonds. The molecule has 0 bridgehead atoms. The fraction of sp³-hybridized carbons (Fsp3) is 0. The molecule has 98 valence electrons. The van der Waals surface area contributed by atoms with Gasteiger partial charge >= 0.3 is 0 Å². The number of phenols is 1. The summed E-state index contributed by atoms with van der Waals surface area (Å²) in [6.45, 7) is 0. The second-order valence-corrected chi connectivity index (χ2v) is 5.35. The Morgan fingerprint density at radius 3 is 2.40 bits per heavy atom. The van der Waals surface area contributed by atoms with E-state index in [2.05, 4.69) is 0 Å². The van der Waals surface area contributed by atoms with Crippen LogP contribution in [0.25, 0.3) is 11.1 Å². The Kier molecular flexibility index (Phi) is 3.35. The highest BCUT2D eigenvalue weighted by Crippen LogP contribution is 2.28. The maximum Gasteiger partial charge on any atom is 0.206 e. The standard InChI is InChI=1S/C17H12O2S/c18-15-9-8-13(12-5-2-1-3-6-12)11-14(15)17(19)16-7-4-10-20-16/h1-11,18H. The van der Waals surface area contributed by atoms with Crippen LogP contribution in [0, 0.1) is 0 Å². The van der Waals surface area contributed by atoms with Crippen LogP contribution in [0.1, 0.15) is 15.2 Å². The minimum Gasteiger partial charge on any atom is -0.507 e. The number of carbonyl (C=O) groups is 1. The van der Waals surface area contributed by atoms with E-state index in [0.717, 1.165) is 11.1 Å². The smallest absolute Gasteiger partial charge is 0.206 e. The van der Waals surface area contributed by atoms with Crippen LogP contribution in [-0.4, -0.2) is 10.9 Å². The SMILES string of the molecule is O=C(c1cccs1)c1cc(-c2ccccc2)ccc1O. The molecule has 0 atom stereocenters. The average molecular weight is 280 g/mol. The van der Waals surface area contributed by atoms with Crippen LogP contribution in [0.15, 0.2) is 66.0 Å². The normalized spacial score (nSPS) is 10.4. The zero-order chi connectivity index (χ0) is 13.9. The molecule has 2 nitrogen and oxygen atoms in total. The van der Waals surface area contributed by atoms with Gasteiger partial charge in [-0.05, 0) is 34.7 Å². The summed E-state index contributed by atoms with van der Waals surface area (Å²) < 4.78 is 0. The van der Waals surface area contributed by atoms with Crippen molar-refractivity contribution in [3.8, 4) is 16.9 Å². The van der Waals surface area contributed by atoms with Crippen molar-refractivity contribution < 1.29 is 9.90 Å². The van der Waals surface area contributed by atoms with E-state index >= 15 is 0 Å². The average Bonchev–Trinajstić information content (AvgIpc) is 3.02. The third kappa shape index (κ3) is 2.36. The Bertz CT molecular complexity index is 731. The van der Waals surface area contributed by atoms with E-state index in [9.17, 15) is 9.90 Å². The summed E-state index contributed by atoms with van der Waals surface area (Å²) >= 11 is 1.38. The highest BCUT2D eigenvalue weighted by Gasteiger charge is 2.15. The van der Waals surface area contributed by atoms with E-state index < -0.39 is 0 Å². The van der Waals surface area contributed by atoms with Gasteiger partial charge in [0, 0.05) is 0 Å². The van der Waals surface area contributed by atoms with Gasteiger partial charge in [0.25, 0.3) is 0 Å². The highest BCUT2D eigenvalue weighted by atomic mass is 32.1.